The zero-order chi connectivity index (χ0) is 13.8. The summed E-state index contributed by atoms with van der Waals surface area (Å²) in [6, 6.07) is 4.03. The fourth-order valence-electron chi connectivity index (χ4n) is 2.33. The van der Waals surface area contributed by atoms with Crippen LogP contribution in [0.5, 0.6) is 11.5 Å². The molecule has 0 amide bonds. The Kier molecular flexibility index (Phi) is 4.32. The number of aromatic amines is 1. The molecule has 0 aliphatic rings. The van der Waals surface area contributed by atoms with Crippen LogP contribution in [0.15, 0.2) is 18.3 Å². The zero-order valence-electron chi connectivity index (χ0n) is 12.1. The average Bonchev–Trinajstić information content (AvgIpc) is 2.84. The fraction of sp³-hybridized carbons (Fsp3) is 0.467. The minimum absolute atomic E-state index is 0.756. The summed E-state index contributed by atoms with van der Waals surface area (Å²) in [6.07, 6.45) is 2.07. The van der Waals surface area contributed by atoms with Crippen LogP contribution in [0, 0.1) is 0 Å². The van der Waals surface area contributed by atoms with E-state index < -0.39 is 0 Å². The van der Waals surface area contributed by atoms with Crippen LogP contribution in [-0.2, 0) is 6.54 Å². The van der Waals surface area contributed by atoms with E-state index in [1.165, 1.54) is 10.9 Å². The molecule has 2 rings (SSSR count). The highest BCUT2D eigenvalue weighted by Gasteiger charge is 2.12. The molecule has 0 saturated heterocycles. The SMILES string of the molecule is CCN(CC)Cc1c[nH]c2cc(OC)c(OC)cc12. The van der Waals surface area contributed by atoms with Gasteiger partial charge in [0.2, 0.25) is 0 Å². The van der Waals surface area contributed by atoms with Crippen molar-refractivity contribution < 1.29 is 9.47 Å². The lowest BCUT2D eigenvalue weighted by atomic mass is 10.1. The number of nitrogens with one attached hydrogen (secondary N) is 1. The van der Waals surface area contributed by atoms with Crippen LogP contribution in [0.2, 0.25) is 0 Å². The van der Waals surface area contributed by atoms with E-state index in [-0.39, 0.29) is 0 Å². The van der Waals surface area contributed by atoms with Crippen LogP contribution < -0.4 is 9.47 Å². The average molecular weight is 262 g/mol. The lowest BCUT2D eigenvalue weighted by Gasteiger charge is -2.17. The number of methoxy groups -OCH3 is 2. The Hall–Kier alpha value is -1.68. The van der Waals surface area contributed by atoms with Gasteiger partial charge in [-0.25, -0.2) is 0 Å². The maximum absolute atomic E-state index is 5.37. The van der Waals surface area contributed by atoms with E-state index in [4.69, 9.17) is 9.47 Å². The summed E-state index contributed by atoms with van der Waals surface area (Å²) in [5.74, 6) is 1.53. The van der Waals surface area contributed by atoms with E-state index in [0.29, 0.717) is 0 Å². The molecule has 0 atom stereocenters. The van der Waals surface area contributed by atoms with Crippen molar-refractivity contribution in [2.75, 3.05) is 27.3 Å². The summed E-state index contributed by atoms with van der Waals surface area (Å²) in [5, 5.41) is 1.20. The molecule has 1 N–H and O–H groups in total. The Morgan fingerprint density at radius 3 is 2.26 bits per heavy atom. The molecule has 1 aromatic carbocycles. The highest BCUT2D eigenvalue weighted by molar-refractivity contribution is 5.86. The molecule has 0 saturated carbocycles. The number of H-pyrrole nitrogens is 1. The highest BCUT2D eigenvalue weighted by atomic mass is 16.5. The first-order valence-corrected chi connectivity index (χ1v) is 6.67. The second kappa shape index (κ2) is 5.97. The van der Waals surface area contributed by atoms with Crippen LogP contribution in [0.3, 0.4) is 0 Å². The van der Waals surface area contributed by atoms with Crippen molar-refractivity contribution in [3.63, 3.8) is 0 Å². The largest absolute Gasteiger partial charge is 0.493 e. The van der Waals surface area contributed by atoms with Crippen molar-refractivity contribution in [3.8, 4) is 11.5 Å². The molecule has 0 aliphatic heterocycles. The molecule has 4 nitrogen and oxygen atoms in total. The lowest BCUT2D eigenvalue weighted by Crippen LogP contribution is -2.21. The van der Waals surface area contributed by atoms with Gasteiger partial charge in [-0.2, -0.15) is 0 Å². The first kappa shape index (κ1) is 13.7. The van der Waals surface area contributed by atoms with E-state index in [0.717, 1.165) is 36.6 Å². The van der Waals surface area contributed by atoms with Gasteiger partial charge in [-0.15, -0.1) is 0 Å². The van der Waals surface area contributed by atoms with Gasteiger partial charge in [0.1, 0.15) is 0 Å². The molecule has 0 unspecified atom stereocenters. The molecule has 2 aromatic rings. The van der Waals surface area contributed by atoms with Gasteiger partial charge in [-0.05, 0) is 24.7 Å². The number of fused-ring (bicyclic) bond motifs is 1. The second-order valence-electron chi connectivity index (χ2n) is 4.53. The Bertz CT molecular complexity index is 544. The fourth-order valence-corrected chi connectivity index (χ4v) is 2.33. The standard InChI is InChI=1S/C15H22N2O2/c1-5-17(6-2)10-11-9-16-13-8-15(19-4)14(18-3)7-12(11)13/h7-9,16H,5-6,10H2,1-4H3. The number of rotatable bonds is 6. The number of aromatic nitrogens is 1. The third-order valence-corrected chi connectivity index (χ3v) is 3.56. The van der Waals surface area contributed by atoms with Gasteiger partial charge < -0.3 is 14.5 Å². The summed E-state index contributed by atoms with van der Waals surface area (Å²) in [6.45, 7) is 7.42. The number of nitrogens with zero attached hydrogens (tertiary/aromatic N) is 1. The molecule has 1 heterocycles. The van der Waals surface area contributed by atoms with Crippen molar-refractivity contribution in [1.82, 2.24) is 9.88 Å². The van der Waals surface area contributed by atoms with Crippen LogP contribution in [0.25, 0.3) is 10.9 Å². The monoisotopic (exact) mass is 262 g/mol. The predicted octanol–water partition coefficient (Wildman–Crippen LogP) is 3.03. The Morgan fingerprint density at radius 1 is 1.05 bits per heavy atom. The van der Waals surface area contributed by atoms with Gasteiger partial charge in [-0.3, -0.25) is 4.90 Å². The first-order chi connectivity index (χ1) is 9.23. The highest BCUT2D eigenvalue weighted by Crippen LogP contribution is 2.33. The van der Waals surface area contributed by atoms with E-state index in [2.05, 4.69) is 29.9 Å². The molecule has 0 radical (unpaired) electrons. The van der Waals surface area contributed by atoms with Gasteiger partial charge in [0.05, 0.1) is 14.2 Å². The topological polar surface area (TPSA) is 37.5 Å². The second-order valence-corrected chi connectivity index (χ2v) is 4.53. The summed E-state index contributed by atoms with van der Waals surface area (Å²) in [7, 11) is 3.32. The summed E-state index contributed by atoms with van der Waals surface area (Å²) >= 11 is 0. The number of hydrogen-bond acceptors (Lipinski definition) is 3. The van der Waals surface area contributed by atoms with Gasteiger partial charge in [0, 0.05) is 29.7 Å². The molecule has 0 fully saturated rings. The number of ether oxygens (including phenoxy) is 2. The molecule has 0 bridgehead atoms. The smallest absolute Gasteiger partial charge is 0.162 e. The van der Waals surface area contributed by atoms with Crippen molar-refractivity contribution in [2.45, 2.75) is 20.4 Å². The Balaban J connectivity index is 2.41. The maximum Gasteiger partial charge on any atom is 0.162 e. The minimum atomic E-state index is 0.756. The van der Waals surface area contributed by atoms with E-state index in [1.54, 1.807) is 14.2 Å². The van der Waals surface area contributed by atoms with E-state index >= 15 is 0 Å². The predicted molar refractivity (Wildman–Crippen MR) is 78.0 cm³/mol. The normalized spacial score (nSPS) is 11.2. The molecule has 4 heteroatoms. The molecule has 104 valence electrons. The summed E-state index contributed by atoms with van der Waals surface area (Å²) in [5.41, 5.74) is 2.37. The van der Waals surface area contributed by atoms with Gasteiger partial charge in [0.15, 0.2) is 11.5 Å². The van der Waals surface area contributed by atoms with Gasteiger partial charge in [-0.1, -0.05) is 13.8 Å². The molecule has 19 heavy (non-hydrogen) atoms. The minimum Gasteiger partial charge on any atom is -0.493 e. The first-order valence-electron chi connectivity index (χ1n) is 6.67. The Labute approximate surface area is 114 Å². The molecular weight excluding hydrogens is 240 g/mol. The van der Waals surface area contributed by atoms with Crippen molar-refractivity contribution in [1.29, 1.82) is 0 Å². The summed E-state index contributed by atoms with van der Waals surface area (Å²) < 4.78 is 10.7. The summed E-state index contributed by atoms with van der Waals surface area (Å²) in [4.78, 5) is 5.69. The van der Waals surface area contributed by atoms with Gasteiger partial charge >= 0.3 is 0 Å². The van der Waals surface area contributed by atoms with Crippen LogP contribution in [-0.4, -0.2) is 37.2 Å². The van der Waals surface area contributed by atoms with Crippen molar-refractivity contribution in [2.24, 2.45) is 0 Å². The molecule has 1 aromatic heterocycles. The third kappa shape index (κ3) is 2.68. The van der Waals surface area contributed by atoms with E-state index in [1.807, 2.05) is 12.1 Å². The van der Waals surface area contributed by atoms with Crippen LogP contribution in [0.4, 0.5) is 0 Å². The van der Waals surface area contributed by atoms with E-state index in [9.17, 15) is 0 Å². The number of hydrogen-bond donors (Lipinski definition) is 1. The molecule has 0 spiro atoms. The van der Waals surface area contributed by atoms with Crippen molar-refractivity contribution >= 4 is 10.9 Å². The number of benzene rings is 1. The zero-order valence-corrected chi connectivity index (χ0v) is 12.1. The van der Waals surface area contributed by atoms with Crippen molar-refractivity contribution in [3.05, 3.63) is 23.9 Å². The molecule has 0 aliphatic carbocycles. The van der Waals surface area contributed by atoms with Gasteiger partial charge in [0.25, 0.3) is 0 Å². The maximum atomic E-state index is 5.37. The van der Waals surface area contributed by atoms with Crippen LogP contribution in [0.1, 0.15) is 19.4 Å². The Morgan fingerprint density at radius 2 is 1.68 bits per heavy atom. The lowest BCUT2D eigenvalue weighted by molar-refractivity contribution is 0.297. The quantitative estimate of drug-likeness (QED) is 0.869. The molecular formula is C15H22N2O2. The third-order valence-electron chi connectivity index (χ3n) is 3.56. The van der Waals surface area contributed by atoms with Crippen LogP contribution >= 0.6 is 0 Å².